The lowest BCUT2D eigenvalue weighted by Crippen LogP contribution is -2.44. The topological polar surface area (TPSA) is 109 Å². The third-order valence-corrected chi connectivity index (χ3v) is 6.93. The Kier molecular flexibility index (Phi) is 9.95. The van der Waals surface area contributed by atoms with Crippen LogP contribution < -0.4 is 14.8 Å². The van der Waals surface area contributed by atoms with E-state index in [2.05, 4.69) is 11.4 Å². The number of benzene rings is 3. The number of nitrogens with zero attached hydrogens (tertiary/aromatic N) is 4. The Morgan fingerprint density at radius 3 is 2.26 bits per heavy atom. The van der Waals surface area contributed by atoms with Gasteiger partial charge in [-0.2, -0.15) is 5.26 Å². The predicted molar refractivity (Wildman–Crippen MR) is 162 cm³/mol. The number of methoxy groups -OCH3 is 2. The molecular formula is C33H35N5O4. The van der Waals surface area contributed by atoms with Gasteiger partial charge in [-0.3, -0.25) is 19.5 Å². The zero-order valence-electron chi connectivity index (χ0n) is 24.3. The fraction of sp³-hybridized carbons (Fsp3) is 0.273. The number of rotatable bonds is 12. The van der Waals surface area contributed by atoms with Crippen molar-refractivity contribution in [1.29, 1.82) is 5.26 Å². The van der Waals surface area contributed by atoms with Crippen molar-refractivity contribution in [3.8, 4) is 34.5 Å². The number of nitrogens with one attached hydrogen (secondary N) is 1. The molecule has 0 saturated carbocycles. The summed E-state index contributed by atoms with van der Waals surface area (Å²) in [5.74, 6) is 0.0970. The Hall–Kier alpha value is -5.10. The molecule has 0 fully saturated rings. The van der Waals surface area contributed by atoms with Crippen LogP contribution in [-0.4, -0.2) is 53.1 Å². The highest BCUT2D eigenvalue weighted by Crippen LogP contribution is 2.33. The minimum Gasteiger partial charge on any atom is -0.493 e. The minimum absolute atomic E-state index is 0.180. The largest absolute Gasteiger partial charge is 0.493 e. The molecule has 0 aliphatic heterocycles. The molecule has 1 heterocycles. The summed E-state index contributed by atoms with van der Waals surface area (Å²) in [6.07, 6.45) is 2.36. The molecule has 0 bridgehead atoms. The van der Waals surface area contributed by atoms with Crippen LogP contribution in [0, 0.1) is 11.3 Å². The van der Waals surface area contributed by atoms with Crippen LogP contribution in [0.3, 0.4) is 0 Å². The maximum absolute atomic E-state index is 14.0. The van der Waals surface area contributed by atoms with E-state index in [4.69, 9.17) is 14.5 Å². The molecule has 9 nitrogen and oxygen atoms in total. The average Bonchev–Trinajstić information content (AvgIpc) is 3.44. The van der Waals surface area contributed by atoms with Crippen LogP contribution in [-0.2, 0) is 9.59 Å². The number of imidazole rings is 1. The number of para-hydroxylation sites is 1. The second kappa shape index (κ2) is 14.0. The van der Waals surface area contributed by atoms with Gasteiger partial charge in [0, 0.05) is 29.9 Å². The first-order valence-corrected chi connectivity index (χ1v) is 13.8. The second-order valence-corrected chi connectivity index (χ2v) is 9.99. The van der Waals surface area contributed by atoms with Gasteiger partial charge in [0.05, 0.1) is 31.9 Å². The molecule has 4 rings (SSSR count). The van der Waals surface area contributed by atoms with Crippen LogP contribution in [0.1, 0.15) is 38.2 Å². The van der Waals surface area contributed by atoms with Gasteiger partial charge >= 0.3 is 0 Å². The number of anilines is 1. The molecule has 0 aliphatic rings. The molecule has 1 aromatic heterocycles. The molecule has 3 aromatic carbocycles. The van der Waals surface area contributed by atoms with Crippen molar-refractivity contribution in [1.82, 2.24) is 14.5 Å². The summed E-state index contributed by atoms with van der Waals surface area (Å²) in [5, 5.41) is 12.2. The van der Waals surface area contributed by atoms with Crippen LogP contribution >= 0.6 is 0 Å². The van der Waals surface area contributed by atoms with Crippen molar-refractivity contribution in [3.63, 3.8) is 0 Å². The molecule has 0 saturated heterocycles. The molecule has 1 N–H and O–H groups in total. The molecule has 4 aromatic rings. The van der Waals surface area contributed by atoms with Gasteiger partial charge in [-0.1, -0.05) is 54.6 Å². The van der Waals surface area contributed by atoms with Crippen LogP contribution in [0.4, 0.5) is 5.95 Å². The summed E-state index contributed by atoms with van der Waals surface area (Å²) in [7, 11) is 3.07. The normalized spacial score (nSPS) is 11.4. The van der Waals surface area contributed by atoms with Crippen LogP contribution in [0.25, 0.3) is 16.9 Å². The monoisotopic (exact) mass is 565 g/mol. The molecular weight excluding hydrogens is 530 g/mol. The van der Waals surface area contributed by atoms with E-state index >= 15 is 0 Å². The van der Waals surface area contributed by atoms with E-state index in [9.17, 15) is 14.9 Å². The first-order chi connectivity index (χ1) is 20.4. The third kappa shape index (κ3) is 6.96. The highest BCUT2D eigenvalue weighted by molar-refractivity contribution is 5.95. The summed E-state index contributed by atoms with van der Waals surface area (Å²) in [6, 6.07) is 26.5. The highest BCUT2D eigenvalue weighted by atomic mass is 16.5. The minimum atomic E-state index is -0.643. The fourth-order valence-corrected chi connectivity index (χ4v) is 4.75. The van der Waals surface area contributed by atoms with Crippen LogP contribution in [0.2, 0.25) is 0 Å². The van der Waals surface area contributed by atoms with Gasteiger partial charge in [0.1, 0.15) is 6.54 Å². The molecule has 216 valence electrons. The van der Waals surface area contributed by atoms with Crippen molar-refractivity contribution in [3.05, 3.63) is 90.6 Å². The van der Waals surface area contributed by atoms with E-state index in [1.165, 1.54) is 12.0 Å². The first kappa shape index (κ1) is 29.9. The molecule has 0 aliphatic carbocycles. The van der Waals surface area contributed by atoms with Gasteiger partial charge in [0.15, 0.2) is 11.5 Å². The molecule has 1 atom stereocenters. The van der Waals surface area contributed by atoms with E-state index in [-0.39, 0.29) is 30.8 Å². The standard InChI is InChI=1S/C33H35N5O4/c1-23(2)37(32(40)27(16-11-19-34)25-17-18-29(41-3)30(20-25)42-4)22-31(39)36-33-35-28(24-12-7-5-8-13-24)21-38(33)26-14-9-6-10-15-26/h5-10,12-15,17-18,20-21,23,27H,11,16,22H2,1-4H3,(H,35,36,39). The number of aromatic nitrogens is 2. The van der Waals surface area contributed by atoms with Gasteiger partial charge in [-0.15, -0.1) is 0 Å². The lowest BCUT2D eigenvalue weighted by molar-refractivity contribution is -0.138. The third-order valence-electron chi connectivity index (χ3n) is 6.93. The lowest BCUT2D eigenvalue weighted by atomic mass is 9.92. The van der Waals surface area contributed by atoms with E-state index in [1.807, 2.05) is 85.3 Å². The predicted octanol–water partition coefficient (Wildman–Crippen LogP) is 5.82. The quantitative estimate of drug-likeness (QED) is 0.232. The molecule has 2 amide bonds. The Morgan fingerprint density at radius 1 is 0.976 bits per heavy atom. The SMILES string of the molecule is COc1ccc(C(CCC#N)C(=O)N(CC(=O)Nc2nc(-c3ccccc3)cn2-c2ccccc2)C(C)C)cc1OC. The van der Waals surface area contributed by atoms with E-state index in [0.717, 1.165) is 11.3 Å². The van der Waals surface area contributed by atoms with Crippen molar-refractivity contribution in [2.75, 3.05) is 26.1 Å². The van der Waals surface area contributed by atoms with Crippen molar-refractivity contribution in [2.45, 2.75) is 38.6 Å². The number of hydrogen-bond acceptors (Lipinski definition) is 6. The number of ether oxygens (including phenoxy) is 2. The molecule has 9 heteroatoms. The number of carbonyl (C=O) groups is 2. The summed E-state index contributed by atoms with van der Waals surface area (Å²) >= 11 is 0. The summed E-state index contributed by atoms with van der Waals surface area (Å²) < 4.78 is 12.6. The summed E-state index contributed by atoms with van der Waals surface area (Å²) in [6.45, 7) is 3.54. The molecule has 42 heavy (non-hydrogen) atoms. The van der Waals surface area contributed by atoms with Crippen LogP contribution in [0.5, 0.6) is 11.5 Å². The van der Waals surface area contributed by atoms with E-state index < -0.39 is 5.92 Å². The number of carbonyl (C=O) groups excluding carboxylic acids is 2. The van der Waals surface area contributed by atoms with Gasteiger partial charge in [-0.25, -0.2) is 4.98 Å². The smallest absolute Gasteiger partial charge is 0.246 e. The molecule has 0 radical (unpaired) electrons. The number of amides is 2. The second-order valence-electron chi connectivity index (χ2n) is 9.99. The Bertz CT molecular complexity index is 1540. The van der Waals surface area contributed by atoms with Crippen molar-refractivity contribution >= 4 is 17.8 Å². The Balaban J connectivity index is 1.61. The summed E-state index contributed by atoms with van der Waals surface area (Å²) in [5.41, 5.74) is 3.14. The maximum Gasteiger partial charge on any atom is 0.246 e. The van der Waals surface area contributed by atoms with Crippen molar-refractivity contribution < 1.29 is 19.1 Å². The lowest BCUT2D eigenvalue weighted by Gasteiger charge is -2.30. The average molecular weight is 566 g/mol. The zero-order chi connectivity index (χ0) is 30.1. The molecule has 1 unspecified atom stereocenters. The fourth-order valence-electron chi connectivity index (χ4n) is 4.75. The number of hydrogen-bond donors (Lipinski definition) is 1. The number of nitriles is 1. The van der Waals surface area contributed by atoms with E-state index in [0.29, 0.717) is 35.1 Å². The Morgan fingerprint density at radius 2 is 1.64 bits per heavy atom. The van der Waals surface area contributed by atoms with E-state index in [1.54, 1.807) is 25.3 Å². The maximum atomic E-state index is 14.0. The highest BCUT2D eigenvalue weighted by Gasteiger charge is 2.30. The summed E-state index contributed by atoms with van der Waals surface area (Å²) in [4.78, 5) is 33.7. The van der Waals surface area contributed by atoms with Crippen molar-refractivity contribution in [2.24, 2.45) is 0 Å². The van der Waals surface area contributed by atoms with Crippen LogP contribution in [0.15, 0.2) is 85.1 Å². The van der Waals surface area contributed by atoms with Gasteiger partial charge in [-0.05, 0) is 50.1 Å². The van der Waals surface area contributed by atoms with Gasteiger partial charge < -0.3 is 14.4 Å². The zero-order valence-corrected chi connectivity index (χ0v) is 24.3. The Labute approximate surface area is 246 Å². The van der Waals surface area contributed by atoms with Gasteiger partial charge in [0.2, 0.25) is 17.8 Å². The van der Waals surface area contributed by atoms with Gasteiger partial charge in [0.25, 0.3) is 0 Å². The first-order valence-electron chi connectivity index (χ1n) is 13.8. The molecule has 0 spiro atoms.